The second-order valence-corrected chi connectivity index (χ2v) is 13.7. The SMILES string of the molecule is CC1(C)CC(C)(C)c2cc(-c3nc(-c4ccccc4)nc(-c4cccc(-c5nc(-c6ccccc6)c6ccccc6n5)c4)n3)ccc21. The van der Waals surface area contributed by atoms with Gasteiger partial charge in [-0.3, -0.25) is 0 Å². The Morgan fingerprint density at radius 3 is 1.60 bits per heavy atom. The summed E-state index contributed by atoms with van der Waals surface area (Å²) in [6.07, 6.45) is 1.10. The third kappa shape index (κ3) is 5.28. The molecule has 2 aromatic heterocycles. The molecule has 5 nitrogen and oxygen atoms in total. The van der Waals surface area contributed by atoms with Gasteiger partial charge in [0.25, 0.3) is 0 Å². The summed E-state index contributed by atoms with van der Waals surface area (Å²) in [6.45, 7) is 9.35. The number of hydrogen-bond donors (Lipinski definition) is 0. The summed E-state index contributed by atoms with van der Waals surface area (Å²) in [5.74, 6) is 2.57. The van der Waals surface area contributed by atoms with E-state index in [1.54, 1.807) is 0 Å². The van der Waals surface area contributed by atoms with Crippen molar-refractivity contribution in [3.8, 4) is 56.8 Å². The molecule has 1 aliphatic carbocycles. The molecule has 0 radical (unpaired) electrons. The number of fused-ring (bicyclic) bond motifs is 2. The Morgan fingerprint density at radius 1 is 0.404 bits per heavy atom. The van der Waals surface area contributed by atoms with Gasteiger partial charge in [-0.15, -0.1) is 0 Å². The van der Waals surface area contributed by atoms with Crippen molar-refractivity contribution < 1.29 is 0 Å². The third-order valence-electron chi connectivity index (χ3n) is 9.32. The van der Waals surface area contributed by atoms with E-state index in [0.717, 1.165) is 50.8 Å². The van der Waals surface area contributed by atoms with Gasteiger partial charge >= 0.3 is 0 Å². The van der Waals surface area contributed by atoms with E-state index in [9.17, 15) is 0 Å². The van der Waals surface area contributed by atoms with Crippen molar-refractivity contribution in [3.05, 3.63) is 139 Å². The summed E-state index contributed by atoms with van der Waals surface area (Å²) in [5, 5.41) is 1.02. The van der Waals surface area contributed by atoms with Gasteiger partial charge in [-0.2, -0.15) is 0 Å². The molecule has 0 spiro atoms. The van der Waals surface area contributed by atoms with Gasteiger partial charge < -0.3 is 0 Å². The van der Waals surface area contributed by atoms with Gasteiger partial charge in [0.05, 0.1) is 11.2 Å². The van der Waals surface area contributed by atoms with Crippen LogP contribution in [-0.4, -0.2) is 24.9 Å². The topological polar surface area (TPSA) is 64.5 Å². The minimum Gasteiger partial charge on any atom is -0.228 e. The van der Waals surface area contributed by atoms with E-state index in [2.05, 4.69) is 70.2 Å². The molecule has 0 amide bonds. The Hall–Kier alpha value is -5.55. The quantitative estimate of drug-likeness (QED) is 0.194. The zero-order chi connectivity index (χ0) is 32.2. The maximum Gasteiger partial charge on any atom is 0.164 e. The van der Waals surface area contributed by atoms with E-state index in [1.807, 2.05) is 84.9 Å². The largest absolute Gasteiger partial charge is 0.228 e. The van der Waals surface area contributed by atoms with E-state index in [1.165, 1.54) is 11.1 Å². The van der Waals surface area contributed by atoms with Crippen LogP contribution >= 0.6 is 0 Å². The number of aromatic nitrogens is 5. The number of nitrogens with zero attached hydrogens (tertiary/aromatic N) is 5. The Balaban J connectivity index is 1.27. The van der Waals surface area contributed by atoms with Crippen LogP contribution in [0.4, 0.5) is 0 Å². The standard InChI is InChI=1S/C42H35N5/c1-41(2)26-42(3,4)34-25-31(22-23-33(34)41)40-46-37(28-16-9-6-10-17-28)45-39(47-40)30-19-13-18-29(24-30)38-43-35-21-12-11-20-32(35)36(44-38)27-14-7-5-8-15-27/h5-25H,26H2,1-4H3. The number of benzene rings is 5. The number of rotatable bonds is 5. The van der Waals surface area contributed by atoms with Crippen LogP contribution in [0.25, 0.3) is 67.7 Å². The van der Waals surface area contributed by atoms with Gasteiger partial charge in [0, 0.05) is 33.2 Å². The van der Waals surface area contributed by atoms with Crippen molar-refractivity contribution in [3.63, 3.8) is 0 Å². The van der Waals surface area contributed by atoms with Gasteiger partial charge in [-0.25, -0.2) is 24.9 Å². The molecule has 0 saturated carbocycles. The fourth-order valence-corrected chi connectivity index (χ4v) is 7.30. The van der Waals surface area contributed by atoms with Gasteiger partial charge in [0.1, 0.15) is 0 Å². The normalized spacial score (nSPS) is 14.6. The third-order valence-corrected chi connectivity index (χ3v) is 9.32. The van der Waals surface area contributed by atoms with E-state index in [0.29, 0.717) is 23.3 Å². The molecule has 7 aromatic rings. The first-order chi connectivity index (χ1) is 22.7. The molecule has 47 heavy (non-hydrogen) atoms. The van der Waals surface area contributed by atoms with Crippen molar-refractivity contribution in [1.82, 2.24) is 24.9 Å². The van der Waals surface area contributed by atoms with Gasteiger partial charge in [0.15, 0.2) is 23.3 Å². The molecule has 228 valence electrons. The molecular formula is C42H35N5. The average molecular weight is 610 g/mol. The molecule has 0 atom stereocenters. The predicted octanol–water partition coefficient (Wildman–Crippen LogP) is 10.1. The van der Waals surface area contributed by atoms with Crippen LogP contribution in [0, 0.1) is 0 Å². The Labute approximate surface area is 275 Å². The van der Waals surface area contributed by atoms with Crippen molar-refractivity contribution in [2.24, 2.45) is 0 Å². The van der Waals surface area contributed by atoms with Crippen molar-refractivity contribution in [2.45, 2.75) is 44.9 Å². The molecular weight excluding hydrogens is 574 g/mol. The lowest BCUT2D eigenvalue weighted by atomic mass is 9.82. The van der Waals surface area contributed by atoms with E-state index in [4.69, 9.17) is 24.9 Å². The number of hydrogen-bond acceptors (Lipinski definition) is 5. The van der Waals surface area contributed by atoms with Crippen LogP contribution in [-0.2, 0) is 10.8 Å². The summed E-state index contributed by atoms with van der Waals surface area (Å²) < 4.78 is 0. The molecule has 5 aromatic carbocycles. The lowest BCUT2D eigenvalue weighted by Crippen LogP contribution is -2.17. The van der Waals surface area contributed by atoms with E-state index < -0.39 is 0 Å². The maximum atomic E-state index is 5.10. The highest BCUT2D eigenvalue weighted by atomic mass is 15.0. The fraction of sp³-hybridized carbons (Fsp3) is 0.167. The first kappa shape index (κ1) is 28.9. The van der Waals surface area contributed by atoms with Gasteiger partial charge in [-0.05, 0) is 46.6 Å². The average Bonchev–Trinajstić information content (AvgIpc) is 3.30. The number of para-hydroxylation sites is 1. The van der Waals surface area contributed by atoms with Crippen LogP contribution in [0.1, 0.15) is 45.2 Å². The monoisotopic (exact) mass is 609 g/mol. The molecule has 0 N–H and O–H groups in total. The zero-order valence-corrected chi connectivity index (χ0v) is 27.1. The maximum absolute atomic E-state index is 5.10. The van der Waals surface area contributed by atoms with Crippen LogP contribution in [0.3, 0.4) is 0 Å². The van der Waals surface area contributed by atoms with Gasteiger partial charge in [-0.1, -0.05) is 137 Å². The molecule has 2 heterocycles. The molecule has 0 unspecified atom stereocenters. The first-order valence-corrected chi connectivity index (χ1v) is 16.2. The molecule has 0 aliphatic heterocycles. The highest BCUT2D eigenvalue weighted by Gasteiger charge is 2.41. The van der Waals surface area contributed by atoms with E-state index in [-0.39, 0.29) is 10.8 Å². The van der Waals surface area contributed by atoms with Gasteiger partial charge in [0.2, 0.25) is 0 Å². The smallest absolute Gasteiger partial charge is 0.164 e. The molecule has 0 bridgehead atoms. The molecule has 0 saturated heterocycles. The Bertz CT molecular complexity index is 2270. The minimum atomic E-state index is 0.0692. The molecule has 8 rings (SSSR count). The fourth-order valence-electron chi connectivity index (χ4n) is 7.30. The summed E-state index contributed by atoms with van der Waals surface area (Å²) >= 11 is 0. The second kappa shape index (κ2) is 11.1. The molecule has 5 heteroatoms. The lowest BCUT2D eigenvalue weighted by Gasteiger charge is -2.22. The minimum absolute atomic E-state index is 0.0692. The van der Waals surface area contributed by atoms with Crippen molar-refractivity contribution in [1.29, 1.82) is 0 Å². The van der Waals surface area contributed by atoms with Crippen molar-refractivity contribution in [2.75, 3.05) is 0 Å². The second-order valence-electron chi connectivity index (χ2n) is 13.7. The van der Waals surface area contributed by atoms with Crippen molar-refractivity contribution >= 4 is 10.9 Å². The zero-order valence-electron chi connectivity index (χ0n) is 27.1. The van der Waals surface area contributed by atoms with Crippen LogP contribution in [0.2, 0.25) is 0 Å². The van der Waals surface area contributed by atoms with Crippen LogP contribution in [0.5, 0.6) is 0 Å². The first-order valence-electron chi connectivity index (χ1n) is 16.2. The van der Waals surface area contributed by atoms with Crippen LogP contribution in [0.15, 0.2) is 127 Å². The van der Waals surface area contributed by atoms with Crippen LogP contribution < -0.4 is 0 Å². The molecule has 0 fully saturated rings. The highest BCUT2D eigenvalue weighted by molar-refractivity contribution is 5.93. The Kier molecular flexibility index (Phi) is 6.80. The summed E-state index contributed by atoms with van der Waals surface area (Å²) in [7, 11) is 0. The lowest BCUT2D eigenvalue weighted by molar-refractivity contribution is 0.403. The van der Waals surface area contributed by atoms with E-state index >= 15 is 0 Å². The summed E-state index contributed by atoms with van der Waals surface area (Å²) in [5.41, 5.74) is 9.56. The summed E-state index contributed by atoms with van der Waals surface area (Å²) in [4.78, 5) is 25.2. The predicted molar refractivity (Wildman–Crippen MR) is 191 cm³/mol. The molecule has 1 aliphatic rings. The Morgan fingerprint density at radius 2 is 0.915 bits per heavy atom. The summed E-state index contributed by atoms with van der Waals surface area (Å²) in [6, 6.07) is 43.5. The highest BCUT2D eigenvalue weighted by Crippen LogP contribution is 2.50.